The van der Waals surface area contributed by atoms with Crippen molar-refractivity contribution < 1.29 is 9.13 Å². The number of hydrogen-bond acceptors (Lipinski definition) is 2. The molecule has 6 heteroatoms. The molecule has 0 aliphatic heterocycles. The summed E-state index contributed by atoms with van der Waals surface area (Å²) in [6.07, 6.45) is 0. The zero-order valence-corrected chi connectivity index (χ0v) is 11.8. The second kappa shape index (κ2) is 6.11. The van der Waals surface area contributed by atoms with Gasteiger partial charge in [0.2, 0.25) is 0 Å². The van der Waals surface area contributed by atoms with E-state index in [0.717, 1.165) is 0 Å². The minimum Gasteiger partial charge on any atom is -0.487 e. The Morgan fingerprint density at radius 3 is 2.65 bits per heavy atom. The maximum atomic E-state index is 13.4. The first-order valence-electron chi connectivity index (χ1n) is 5.67. The van der Waals surface area contributed by atoms with E-state index in [9.17, 15) is 4.39 Å². The van der Waals surface area contributed by atoms with Crippen LogP contribution in [0.5, 0.6) is 5.75 Å². The van der Waals surface area contributed by atoms with E-state index in [-0.39, 0.29) is 12.4 Å². The zero-order valence-electron chi connectivity index (χ0n) is 10.3. The molecule has 0 fully saturated rings. The van der Waals surface area contributed by atoms with E-state index in [1.165, 1.54) is 12.1 Å². The second-order valence-corrected chi connectivity index (χ2v) is 4.97. The van der Waals surface area contributed by atoms with E-state index in [0.29, 0.717) is 26.9 Å². The van der Waals surface area contributed by atoms with Crippen molar-refractivity contribution in [1.29, 1.82) is 5.41 Å². The summed E-state index contributed by atoms with van der Waals surface area (Å²) in [5.41, 5.74) is 6.19. The summed E-state index contributed by atoms with van der Waals surface area (Å²) in [7, 11) is 0. The van der Waals surface area contributed by atoms with Crippen LogP contribution in [0, 0.1) is 11.2 Å². The van der Waals surface area contributed by atoms with E-state index in [4.69, 9.17) is 39.1 Å². The molecule has 0 aliphatic carbocycles. The summed E-state index contributed by atoms with van der Waals surface area (Å²) >= 11 is 11.8. The number of ether oxygens (including phenoxy) is 1. The summed E-state index contributed by atoms with van der Waals surface area (Å²) in [6.45, 7) is 0.0953. The number of nitrogens with two attached hydrogens (primary N) is 1. The normalized spacial score (nSPS) is 10.3. The molecule has 104 valence electrons. The number of hydrogen-bond donors (Lipinski definition) is 2. The fraction of sp³-hybridized carbons (Fsp3) is 0.0714. The van der Waals surface area contributed by atoms with Crippen molar-refractivity contribution in [2.45, 2.75) is 6.61 Å². The molecule has 0 amide bonds. The van der Waals surface area contributed by atoms with Gasteiger partial charge in [-0.15, -0.1) is 0 Å². The van der Waals surface area contributed by atoms with Crippen LogP contribution in [0.3, 0.4) is 0 Å². The highest BCUT2D eigenvalue weighted by Gasteiger charge is 2.06. The SMILES string of the molecule is N=C(N)c1cc(F)cc(COc2cc(Cl)ccc2Cl)c1. The third kappa shape index (κ3) is 3.62. The number of amidine groups is 1. The number of nitrogen functional groups attached to an aromatic ring is 1. The molecule has 0 heterocycles. The van der Waals surface area contributed by atoms with Gasteiger partial charge in [0.15, 0.2) is 0 Å². The molecule has 0 unspecified atom stereocenters. The maximum absolute atomic E-state index is 13.4. The molecule has 20 heavy (non-hydrogen) atoms. The Kier molecular flexibility index (Phi) is 4.47. The van der Waals surface area contributed by atoms with Crippen molar-refractivity contribution in [2.24, 2.45) is 5.73 Å². The lowest BCUT2D eigenvalue weighted by molar-refractivity contribution is 0.306. The smallest absolute Gasteiger partial charge is 0.139 e. The third-order valence-electron chi connectivity index (χ3n) is 2.56. The Hall–Kier alpha value is -1.78. The Labute approximate surface area is 125 Å². The van der Waals surface area contributed by atoms with Gasteiger partial charge in [0.05, 0.1) is 5.02 Å². The van der Waals surface area contributed by atoms with E-state index < -0.39 is 5.82 Å². The van der Waals surface area contributed by atoms with E-state index in [2.05, 4.69) is 0 Å². The van der Waals surface area contributed by atoms with Crippen molar-refractivity contribution in [3.63, 3.8) is 0 Å². The summed E-state index contributed by atoms with van der Waals surface area (Å²) in [5.74, 6) is -0.271. The van der Waals surface area contributed by atoms with Gasteiger partial charge in [0, 0.05) is 16.7 Å². The van der Waals surface area contributed by atoms with Crippen molar-refractivity contribution in [3.8, 4) is 5.75 Å². The first kappa shape index (κ1) is 14.6. The Bertz CT molecular complexity index is 662. The van der Waals surface area contributed by atoms with E-state index in [1.54, 1.807) is 24.3 Å². The lowest BCUT2D eigenvalue weighted by Gasteiger charge is -2.09. The minimum atomic E-state index is -0.478. The van der Waals surface area contributed by atoms with Crippen LogP contribution < -0.4 is 10.5 Å². The average Bonchev–Trinajstić information content (AvgIpc) is 2.39. The predicted octanol–water partition coefficient (Wildman–Crippen LogP) is 4.00. The Morgan fingerprint density at radius 2 is 1.95 bits per heavy atom. The molecule has 3 nitrogen and oxygen atoms in total. The number of rotatable bonds is 4. The van der Waals surface area contributed by atoms with Crippen LogP contribution in [-0.4, -0.2) is 5.84 Å². The molecule has 0 atom stereocenters. The van der Waals surface area contributed by atoms with Gasteiger partial charge in [-0.2, -0.15) is 0 Å². The van der Waals surface area contributed by atoms with Crippen LogP contribution in [0.15, 0.2) is 36.4 Å². The highest BCUT2D eigenvalue weighted by molar-refractivity contribution is 6.34. The summed E-state index contributed by atoms with van der Waals surface area (Å²) in [5, 5.41) is 8.23. The van der Waals surface area contributed by atoms with Crippen molar-refractivity contribution in [3.05, 3.63) is 63.4 Å². The van der Waals surface area contributed by atoms with Crippen LogP contribution in [0.4, 0.5) is 4.39 Å². The number of benzene rings is 2. The molecular weight excluding hydrogens is 302 g/mol. The van der Waals surface area contributed by atoms with Crippen LogP contribution in [-0.2, 0) is 6.61 Å². The van der Waals surface area contributed by atoms with Gasteiger partial charge in [-0.25, -0.2) is 4.39 Å². The van der Waals surface area contributed by atoms with Gasteiger partial charge in [-0.3, -0.25) is 5.41 Å². The maximum Gasteiger partial charge on any atom is 0.139 e. The Morgan fingerprint density at radius 1 is 1.20 bits per heavy atom. The van der Waals surface area contributed by atoms with Crippen LogP contribution in [0.1, 0.15) is 11.1 Å². The van der Waals surface area contributed by atoms with Gasteiger partial charge in [0.1, 0.15) is 24.0 Å². The third-order valence-corrected chi connectivity index (χ3v) is 3.10. The van der Waals surface area contributed by atoms with Gasteiger partial charge in [-0.1, -0.05) is 23.2 Å². The van der Waals surface area contributed by atoms with Gasteiger partial charge in [0.25, 0.3) is 0 Å². The molecule has 2 aromatic carbocycles. The first-order valence-corrected chi connectivity index (χ1v) is 6.43. The second-order valence-electron chi connectivity index (χ2n) is 4.13. The Balaban J connectivity index is 2.18. The van der Waals surface area contributed by atoms with Gasteiger partial charge >= 0.3 is 0 Å². The molecule has 0 aromatic heterocycles. The molecular formula is C14H11Cl2FN2O. The van der Waals surface area contributed by atoms with Crippen LogP contribution in [0.2, 0.25) is 10.0 Å². The van der Waals surface area contributed by atoms with E-state index in [1.807, 2.05) is 0 Å². The summed E-state index contributed by atoms with van der Waals surface area (Å²) < 4.78 is 18.9. The highest BCUT2D eigenvalue weighted by atomic mass is 35.5. The standard InChI is InChI=1S/C14H11Cl2FN2O/c15-10-1-2-12(16)13(6-10)20-7-8-3-9(14(18)19)5-11(17)4-8/h1-6H,7H2,(H3,18,19). The number of nitrogens with one attached hydrogen (secondary N) is 1. The quantitative estimate of drug-likeness (QED) is 0.662. The fourth-order valence-electron chi connectivity index (χ4n) is 1.64. The lowest BCUT2D eigenvalue weighted by atomic mass is 10.1. The predicted molar refractivity (Wildman–Crippen MR) is 78.2 cm³/mol. The van der Waals surface area contributed by atoms with Crippen LogP contribution >= 0.6 is 23.2 Å². The first-order chi connectivity index (χ1) is 9.45. The van der Waals surface area contributed by atoms with Crippen molar-refractivity contribution in [1.82, 2.24) is 0 Å². The van der Waals surface area contributed by atoms with Crippen LogP contribution in [0.25, 0.3) is 0 Å². The molecule has 3 N–H and O–H groups in total. The molecule has 0 spiro atoms. The molecule has 0 aliphatic rings. The van der Waals surface area contributed by atoms with E-state index >= 15 is 0 Å². The number of halogens is 3. The summed E-state index contributed by atoms with van der Waals surface area (Å²) in [4.78, 5) is 0. The molecule has 2 rings (SSSR count). The zero-order chi connectivity index (χ0) is 14.7. The van der Waals surface area contributed by atoms with Crippen molar-refractivity contribution in [2.75, 3.05) is 0 Å². The molecule has 2 aromatic rings. The highest BCUT2D eigenvalue weighted by Crippen LogP contribution is 2.28. The van der Waals surface area contributed by atoms with Gasteiger partial charge in [-0.05, 0) is 35.9 Å². The van der Waals surface area contributed by atoms with Crippen molar-refractivity contribution >= 4 is 29.0 Å². The largest absolute Gasteiger partial charge is 0.487 e. The fourth-order valence-corrected chi connectivity index (χ4v) is 1.97. The molecule has 0 saturated carbocycles. The van der Waals surface area contributed by atoms with Gasteiger partial charge < -0.3 is 10.5 Å². The monoisotopic (exact) mass is 312 g/mol. The average molecular weight is 313 g/mol. The lowest BCUT2D eigenvalue weighted by Crippen LogP contribution is -2.12. The minimum absolute atomic E-state index is 0.0953. The molecule has 0 bridgehead atoms. The topological polar surface area (TPSA) is 59.1 Å². The molecule has 0 radical (unpaired) electrons. The molecule has 0 saturated heterocycles. The summed E-state index contributed by atoms with van der Waals surface area (Å²) in [6, 6.07) is 8.93.